The summed E-state index contributed by atoms with van der Waals surface area (Å²) in [4.78, 5) is 30.0. The van der Waals surface area contributed by atoms with Gasteiger partial charge in [0.25, 0.3) is 5.92 Å². The number of nitrogens with zero attached hydrogens (tertiary/aromatic N) is 5. The van der Waals surface area contributed by atoms with Gasteiger partial charge in [0.1, 0.15) is 17.3 Å². The van der Waals surface area contributed by atoms with Crippen molar-refractivity contribution in [2.24, 2.45) is 0 Å². The fraction of sp³-hybridized carbons (Fsp3) is 0.565. The number of rotatable bonds is 7. The maximum absolute atomic E-state index is 13.4. The molecule has 0 atom stereocenters. The SMILES string of the molecule is CCCOc1ccnc(-c2nc3c(c(N(C)CC(=O)N4CCC(F)(F)CC4)n2)CCC3)c1. The van der Waals surface area contributed by atoms with E-state index in [0.717, 1.165) is 36.9 Å². The van der Waals surface area contributed by atoms with Crippen LogP contribution in [0.5, 0.6) is 5.75 Å². The molecule has 2 aromatic rings. The highest BCUT2D eigenvalue weighted by atomic mass is 19.3. The smallest absolute Gasteiger partial charge is 0.251 e. The quantitative estimate of drug-likeness (QED) is 0.650. The van der Waals surface area contributed by atoms with E-state index < -0.39 is 5.92 Å². The van der Waals surface area contributed by atoms with Gasteiger partial charge in [0, 0.05) is 56.5 Å². The van der Waals surface area contributed by atoms with Gasteiger partial charge in [-0.15, -0.1) is 0 Å². The first kappa shape index (κ1) is 22.4. The third-order valence-corrected chi connectivity index (χ3v) is 5.93. The molecule has 1 aliphatic carbocycles. The fourth-order valence-corrected chi connectivity index (χ4v) is 4.15. The minimum atomic E-state index is -2.67. The number of ether oxygens (including phenoxy) is 1. The van der Waals surface area contributed by atoms with Gasteiger partial charge < -0.3 is 14.5 Å². The number of anilines is 1. The van der Waals surface area contributed by atoms with Crippen LogP contribution >= 0.6 is 0 Å². The van der Waals surface area contributed by atoms with Gasteiger partial charge in [0.05, 0.1) is 13.2 Å². The Morgan fingerprint density at radius 3 is 2.78 bits per heavy atom. The number of alkyl halides is 2. The van der Waals surface area contributed by atoms with Gasteiger partial charge in [0.15, 0.2) is 5.82 Å². The Labute approximate surface area is 186 Å². The summed E-state index contributed by atoms with van der Waals surface area (Å²) < 4.78 is 32.6. The highest BCUT2D eigenvalue weighted by Gasteiger charge is 2.36. The first-order chi connectivity index (χ1) is 15.4. The molecule has 32 heavy (non-hydrogen) atoms. The van der Waals surface area contributed by atoms with Crippen LogP contribution in [0.1, 0.15) is 43.9 Å². The van der Waals surface area contributed by atoms with Gasteiger partial charge in [-0.1, -0.05) is 6.92 Å². The first-order valence-corrected chi connectivity index (χ1v) is 11.2. The van der Waals surface area contributed by atoms with Gasteiger partial charge in [-0.25, -0.2) is 18.7 Å². The molecule has 4 rings (SSSR count). The molecule has 0 aromatic carbocycles. The summed E-state index contributed by atoms with van der Waals surface area (Å²) in [5, 5.41) is 0. The molecular weight excluding hydrogens is 416 g/mol. The van der Waals surface area contributed by atoms with Crippen molar-refractivity contribution in [2.75, 3.05) is 38.2 Å². The molecule has 1 amide bonds. The molecule has 7 nitrogen and oxygen atoms in total. The molecule has 2 aliphatic rings. The Bertz CT molecular complexity index is 975. The Balaban J connectivity index is 1.55. The van der Waals surface area contributed by atoms with Crippen LogP contribution in [0.4, 0.5) is 14.6 Å². The number of amides is 1. The Morgan fingerprint density at radius 2 is 2.03 bits per heavy atom. The van der Waals surface area contributed by atoms with Crippen LogP contribution in [-0.2, 0) is 17.6 Å². The van der Waals surface area contributed by atoms with Gasteiger partial charge >= 0.3 is 0 Å². The molecule has 172 valence electrons. The highest BCUT2D eigenvalue weighted by molar-refractivity contribution is 5.81. The number of fused-ring (bicyclic) bond motifs is 1. The lowest BCUT2D eigenvalue weighted by atomic mass is 10.1. The van der Waals surface area contributed by atoms with E-state index in [2.05, 4.69) is 4.98 Å². The summed E-state index contributed by atoms with van der Waals surface area (Å²) in [6.07, 6.45) is 4.71. The lowest BCUT2D eigenvalue weighted by Gasteiger charge is -2.33. The summed E-state index contributed by atoms with van der Waals surface area (Å²) in [5.41, 5.74) is 2.64. The lowest BCUT2D eigenvalue weighted by molar-refractivity contribution is -0.135. The van der Waals surface area contributed by atoms with Gasteiger partial charge in [0.2, 0.25) is 5.91 Å². The number of hydrogen-bond donors (Lipinski definition) is 0. The van der Waals surface area contributed by atoms with E-state index in [4.69, 9.17) is 14.7 Å². The Kier molecular flexibility index (Phi) is 6.53. The van der Waals surface area contributed by atoms with E-state index in [1.54, 1.807) is 12.3 Å². The number of pyridine rings is 1. The van der Waals surface area contributed by atoms with Crippen molar-refractivity contribution in [1.82, 2.24) is 19.9 Å². The minimum absolute atomic E-state index is 0.0846. The van der Waals surface area contributed by atoms with Crippen molar-refractivity contribution in [1.29, 1.82) is 0 Å². The standard InChI is InChI=1S/C23H29F2N5O2/c1-3-13-32-16-7-10-26-19(14-16)21-27-18-6-4-5-17(18)22(28-21)29(2)15-20(31)30-11-8-23(24,25)9-12-30/h7,10,14H,3-6,8-9,11-13,15H2,1-2H3. The number of aromatic nitrogens is 3. The molecule has 1 saturated heterocycles. The molecule has 1 aliphatic heterocycles. The second kappa shape index (κ2) is 9.34. The predicted molar refractivity (Wildman–Crippen MR) is 117 cm³/mol. The Hall–Kier alpha value is -2.84. The summed E-state index contributed by atoms with van der Waals surface area (Å²) in [6, 6.07) is 3.63. The van der Waals surface area contributed by atoms with Gasteiger partial charge in [-0.3, -0.25) is 9.78 Å². The third-order valence-electron chi connectivity index (χ3n) is 5.93. The number of piperidine rings is 1. The molecule has 1 fully saturated rings. The fourth-order valence-electron chi connectivity index (χ4n) is 4.15. The molecule has 0 unspecified atom stereocenters. The van der Waals surface area contributed by atoms with Crippen molar-refractivity contribution in [3.8, 4) is 17.3 Å². The highest BCUT2D eigenvalue weighted by Crippen LogP contribution is 2.32. The van der Waals surface area contributed by atoms with E-state index in [-0.39, 0.29) is 38.4 Å². The number of likely N-dealkylation sites (tertiary alicyclic amines) is 1. The van der Waals surface area contributed by atoms with E-state index in [1.807, 2.05) is 24.9 Å². The molecule has 0 spiro atoms. The average Bonchev–Trinajstić information content (AvgIpc) is 3.25. The predicted octanol–water partition coefficient (Wildman–Crippen LogP) is 3.51. The van der Waals surface area contributed by atoms with Gasteiger partial charge in [-0.05, 0) is 31.7 Å². The lowest BCUT2D eigenvalue weighted by Crippen LogP contribution is -2.46. The minimum Gasteiger partial charge on any atom is -0.493 e. The molecule has 0 saturated carbocycles. The third kappa shape index (κ3) is 4.97. The number of carbonyl (C=O) groups excluding carboxylic acids is 1. The Morgan fingerprint density at radius 1 is 1.25 bits per heavy atom. The largest absolute Gasteiger partial charge is 0.493 e. The van der Waals surface area contributed by atoms with Crippen LogP contribution in [0.15, 0.2) is 18.3 Å². The van der Waals surface area contributed by atoms with Crippen LogP contribution < -0.4 is 9.64 Å². The van der Waals surface area contributed by atoms with Crippen LogP contribution in [-0.4, -0.2) is 65.0 Å². The normalized spacial score (nSPS) is 17.2. The van der Waals surface area contributed by atoms with Crippen LogP contribution in [0, 0.1) is 0 Å². The van der Waals surface area contributed by atoms with Crippen molar-refractivity contribution < 1.29 is 18.3 Å². The van der Waals surface area contributed by atoms with E-state index in [1.165, 1.54) is 4.90 Å². The topological polar surface area (TPSA) is 71.5 Å². The van der Waals surface area contributed by atoms with Crippen molar-refractivity contribution in [3.05, 3.63) is 29.6 Å². The van der Waals surface area contributed by atoms with E-state index in [0.29, 0.717) is 29.7 Å². The first-order valence-electron chi connectivity index (χ1n) is 11.2. The molecule has 2 aromatic heterocycles. The van der Waals surface area contributed by atoms with Crippen LogP contribution in [0.3, 0.4) is 0 Å². The molecule has 9 heteroatoms. The zero-order valence-electron chi connectivity index (χ0n) is 18.6. The summed E-state index contributed by atoms with van der Waals surface area (Å²) >= 11 is 0. The van der Waals surface area contributed by atoms with E-state index >= 15 is 0 Å². The molecule has 0 N–H and O–H groups in total. The van der Waals surface area contributed by atoms with Crippen molar-refractivity contribution >= 4 is 11.7 Å². The van der Waals surface area contributed by atoms with E-state index in [9.17, 15) is 13.6 Å². The maximum Gasteiger partial charge on any atom is 0.251 e. The molecule has 0 bridgehead atoms. The molecule has 3 heterocycles. The molecule has 0 radical (unpaired) electrons. The maximum atomic E-state index is 13.4. The number of hydrogen-bond acceptors (Lipinski definition) is 6. The second-order valence-electron chi connectivity index (χ2n) is 8.47. The van der Waals surface area contributed by atoms with Crippen LogP contribution in [0.2, 0.25) is 0 Å². The average molecular weight is 446 g/mol. The summed E-state index contributed by atoms with van der Waals surface area (Å²) in [6.45, 7) is 2.92. The molecular formula is C23H29F2N5O2. The second-order valence-corrected chi connectivity index (χ2v) is 8.47. The zero-order chi connectivity index (χ0) is 22.7. The number of carbonyl (C=O) groups is 1. The van der Waals surface area contributed by atoms with Crippen molar-refractivity contribution in [3.63, 3.8) is 0 Å². The number of halogens is 2. The zero-order valence-corrected chi connectivity index (χ0v) is 18.6. The van der Waals surface area contributed by atoms with Crippen molar-refractivity contribution in [2.45, 2.75) is 51.4 Å². The monoisotopic (exact) mass is 445 g/mol. The number of likely N-dealkylation sites (N-methyl/N-ethyl adjacent to an activating group) is 1. The summed E-state index contributed by atoms with van der Waals surface area (Å²) in [5.74, 6) is -0.914. The number of aryl methyl sites for hydroxylation is 1. The van der Waals surface area contributed by atoms with Gasteiger partial charge in [-0.2, -0.15) is 0 Å². The van der Waals surface area contributed by atoms with Crippen LogP contribution in [0.25, 0.3) is 11.5 Å². The summed E-state index contributed by atoms with van der Waals surface area (Å²) in [7, 11) is 1.81.